The highest BCUT2D eigenvalue weighted by molar-refractivity contribution is 5.82. The van der Waals surface area contributed by atoms with Crippen molar-refractivity contribution in [1.29, 1.82) is 0 Å². The van der Waals surface area contributed by atoms with Crippen LogP contribution < -0.4 is 9.80 Å². The van der Waals surface area contributed by atoms with Crippen LogP contribution in [0.5, 0.6) is 0 Å². The first kappa shape index (κ1) is 18.8. The van der Waals surface area contributed by atoms with Gasteiger partial charge in [0.15, 0.2) is 0 Å². The largest absolute Gasteiger partial charge is 0.481 e. The fourth-order valence-electron chi connectivity index (χ4n) is 3.40. The second-order valence-corrected chi connectivity index (χ2v) is 7.38. The fourth-order valence-corrected chi connectivity index (χ4v) is 3.40. The van der Waals surface area contributed by atoms with Gasteiger partial charge < -0.3 is 24.4 Å². The van der Waals surface area contributed by atoms with Crippen LogP contribution >= 0.6 is 0 Å². The molecule has 1 aromatic rings. The predicted octanol–water partition coefficient (Wildman–Crippen LogP) is 1.29. The fraction of sp³-hybridized carbons (Fsp3) is 0.722. The normalized spacial score (nSPS) is 21.7. The second-order valence-electron chi connectivity index (χ2n) is 7.38. The van der Waals surface area contributed by atoms with Gasteiger partial charge in [-0.25, -0.2) is 4.98 Å². The molecule has 0 radical (unpaired) electrons. The van der Waals surface area contributed by atoms with Crippen molar-refractivity contribution in [3.05, 3.63) is 11.8 Å². The van der Waals surface area contributed by atoms with Gasteiger partial charge >= 0.3 is 5.97 Å². The Hall–Kier alpha value is -1.93. The van der Waals surface area contributed by atoms with E-state index in [9.17, 15) is 9.90 Å². The van der Waals surface area contributed by atoms with Crippen molar-refractivity contribution in [2.45, 2.75) is 38.2 Å². The SMILES string of the molecule is CO[C@H]1CCCN(c2ncc(C(C)(C)C(=O)O)c(N3CCOCC3)n2)C1. The maximum absolute atomic E-state index is 11.8. The van der Waals surface area contributed by atoms with Crippen LogP contribution in [0.15, 0.2) is 6.20 Å². The lowest BCUT2D eigenvalue weighted by Gasteiger charge is -2.35. The Morgan fingerprint density at radius 3 is 2.69 bits per heavy atom. The number of methoxy groups -OCH3 is 1. The zero-order chi connectivity index (χ0) is 18.7. The molecule has 3 rings (SSSR count). The van der Waals surface area contributed by atoms with E-state index in [-0.39, 0.29) is 6.10 Å². The van der Waals surface area contributed by atoms with Crippen molar-refractivity contribution in [2.24, 2.45) is 0 Å². The average Bonchev–Trinajstić information content (AvgIpc) is 2.68. The second kappa shape index (κ2) is 7.75. The number of aliphatic carboxylic acids is 1. The van der Waals surface area contributed by atoms with Gasteiger partial charge in [0.05, 0.1) is 24.7 Å². The molecule has 1 N–H and O–H groups in total. The lowest BCUT2D eigenvalue weighted by molar-refractivity contribution is -0.142. The van der Waals surface area contributed by atoms with E-state index >= 15 is 0 Å². The predicted molar refractivity (Wildman–Crippen MR) is 98.0 cm³/mol. The van der Waals surface area contributed by atoms with Gasteiger partial charge in [0.1, 0.15) is 5.82 Å². The Morgan fingerprint density at radius 2 is 2.04 bits per heavy atom. The highest BCUT2D eigenvalue weighted by Crippen LogP contribution is 2.33. The number of aromatic nitrogens is 2. The van der Waals surface area contributed by atoms with Crippen molar-refractivity contribution in [3.8, 4) is 0 Å². The molecule has 3 heterocycles. The van der Waals surface area contributed by atoms with Gasteiger partial charge in [-0.05, 0) is 26.7 Å². The molecule has 0 aliphatic carbocycles. The van der Waals surface area contributed by atoms with Crippen LogP contribution in [0.1, 0.15) is 32.3 Å². The van der Waals surface area contributed by atoms with Crippen LogP contribution in [0.2, 0.25) is 0 Å². The molecular formula is C18H28N4O4. The molecule has 8 nitrogen and oxygen atoms in total. The first-order chi connectivity index (χ1) is 12.4. The van der Waals surface area contributed by atoms with E-state index in [2.05, 4.69) is 14.8 Å². The quantitative estimate of drug-likeness (QED) is 0.836. The number of ether oxygens (including phenoxy) is 2. The van der Waals surface area contributed by atoms with Gasteiger partial charge in [0, 0.05) is 45.0 Å². The van der Waals surface area contributed by atoms with Gasteiger partial charge in [-0.3, -0.25) is 4.79 Å². The van der Waals surface area contributed by atoms with Crippen LogP contribution in [0.3, 0.4) is 0 Å². The van der Waals surface area contributed by atoms with E-state index in [4.69, 9.17) is 14.5 Å². The highest BCUT2D eigenvalue weighted by atomic mass is 16.5. The van der Waals surface area contributed by atoms with E-state index in [0.29, 0.717) is 43.6 Å². The third kappa shape index (κ3) is 3.76. The van der Waals surface area contributed by atoms with Gasteiger partial charge in [-0.2, -0.15) is 4.98 Å². The van der Waals surface area contributed by atoms with Crippen molar-refractivity contribution in [2.75, 3.05) is 56.3 Å². The Balaban J connectivity index is 1.97. The molecular weight excluding hydrogens is 336 g/mol. The van der Waals surface area contributed by atoms with Crippen molar-refractivity contribution >= 4 is 17.7 Å². The number of anilines is 2. The standard InChI is InChI=1S/C18H28N4O4/c1-18(2,16(23)24)14-11-19-17(22-6-4-5-13(12-22)25-3)20-15(14)21-7-9-26-10-8-21/h11,13H,4-10,12H2,1-3H3,(H,23,24)/t13-/m0/s1. The molecule has 2 aliphatic rings. The summed E-state index contributed by atoms with van der Waals surface area (Å²) in [5.41, 5.74) is -0.431. The van der Waals surface area contributed by atoms with Gasteiger partial charge in [-0.1, -0.05) is 0 Å². The van der Waals surface area contributed by atoms with Gasteiger partial charge in [0.25, 0.3) is 0 Å². The number of nitrogens with zero attached hydrogens (tertiary/aromatic N) is 4. The Morgan fingerprint density at radius 1 is 1.31 bits per heavy atom. The molecule has 2 saturated heterocycles. The summed E-state index contributed by atoms with van der Waals surface area (Å²) in [4.78, 5) is 25.3. The van der Waals surface area contributed by atoms with Crippen LogP contribution in [-0.2, 0) is 19.7 Å². The molecule has 0 amide bonds. The Kier molecular flexibility index (Phi) is 5.62. The van der Waals surface area contributed by atoms with E-state index in [0.717, 1.165) is 25.9 Å². The van der Waals surface area contributed by atoms with Gasteiger partial charge in [0.2, 0.25) is 5.95 Å². The molecule has 144 valence electrons. The molecule has 0 bridgehead atoms. The molecule has 1 aromatic heterocycles. The summed E-state index contributed by atoms with van der Waals surface area (Å²) >= 11 is 0. The highest BCUT2D eigenvalue weighted by Gasteiger charge is 2.35. The molecule has 0 unspecified atom stereocenters. The van der Waals surface area contributed by atoms with E-state index < -0.39 is 11.4 Å². The summed E-state index contributed by atoms with van der Waals surface area (Å²) in [5, 5.41) is 9.68. The minimum absolute atomic E-state index is 0.175. The molecule has 0 aromatic carbocycles. The molecule has 0 saturated carbocycles. The average molecular weight is 364 g/mol. The number of carboxylic acids is 1. The van der Waals surface area contributed by atoms with E-state index in [1.165, 1.54) is 0 Å². The summed E-state index contributed by atoms with van der Waals surface area (Å²) in [7, 11) is 1.73. The minimum atomic E-state index is -1.07. The molecule has 8 heteroatoms. The van der Waals surface area contributed by atoms with E-state index in [1.54, 1.807) is 27.2 Å². The molecule has 2 aliphatic heterocycles. The number of hydrogen-bond donors (Lipinski definition) is 1. The summed E-state index contributed by atoms with van der Waals surface area (Å²) in [6.07, 6.45) is 3.91. The minimum Gasteiger partial charge on any atom is -0.481 e. The maximum atomic E-state index is 11.8. The molecule has 0 spiro atoms. The Labute approximate surface area is 154 Å². The number of carbonyl (C=O) groups is 1. The van der Waals surface area contributed by atoms with Crippen LogP contribution in [0, 0.1) is 0 Å². The van der Waals surface area contributed by atoms with Gasteiger partial charge in [-0.15, -0.1) is 0 Å². The van der Waals surface area contributed by atoms with Crippen molar-refractivity contribution < 1.29 is 19.4 Å². The third-order valence-corrected chi connectivity index (χ3v) is 5.27. The van der Waals surface area contributed by atoms with Crippen LogP contribution in [0.25, 0.3) is 0 Å². The molecule has 2 fully saturated rings. The lowest BCUT2D eigenvalue weighted by Crippen LogP contribution is -2.42. The number of piperidine rings is 1. The molecule has 1 atom stereocenters. The summed E-state index contributed by atoms with van der Waals surface area (Å²) < 4.78 is 10.9. The van der Waals surface area contributed by atoms with Crippen molar-refractivity contribution in [3.63, 3.8) is 0 Å². The number of morpholine rings is 1. The van der Waals surface area contributed by atoms with E-state index in [1.807, 2.05) is 0 Å². The zero-order valence-electron chi connectivity index (χ0n) is 15.8. The molecule has 26 heavy (non-hydrogen) atoms. The number of carboxylic acid groups (broad SMARTS) is 1. The number of rotatable bonds is 5. The first-order valence-corrected chi connectivity index (χ1v) is 9.15. The summed E-state index contributed by atoms with van der Waals surface area (Å²) in [6, 6.07) is 0. The van der Waals surface area contributed by atoms with Crippen molar-refractivity contribution in [1.82, 2.24) is 9.97 Å². The Bertz CT molecular complexity index is 646. The smallest absolute Gasteiger partial charge is 0.313 e. The summed E-state index contributed by atoms with van der Waals surface area (Å²) in [6.45, 7) is 7.63. The monoisotopic (exact) mass is 364 g/mol. The zero-order valence-corrected chi connectivity index (χ0v) is 15.8. The van der Waals surface area contributed by atoms with Crippen LogP contribution in [0.4, 0.5) is 11.8 Å². The third-order valence-electron chi connectivity index (χ3n) is 5.27. The summed E-state index contributed by atoms with van der Waals surface area (Å²) in [5.74, 6) is 0.448. The topological polar surface area (TPSA) is 88.0 Å². The maximum Gasteiger partial charge on any atom is 0.313 e. The van der Waals surface area contributed by atoms with Crippen LogP contribution in [-0.4, -0.2) is 73.7 Å². The number of hydrogen-bond acceptors (Lipinski definition) is 7. The lowest BCUT2D eigenvalue weighted by atomic mass is 9.85. The first-order valence-electron chi connectivity index (χ1n) is 9.15.